The molecule has 0 radical (unpaired) electrons. The van der Waals surface area contributed by atoms with E-state index in [0.29, 0.717) is 24.6 Å². The van der Waals surface area contributed by atoms with Crippen molar-refractivity contribution in [1.82, 2.24) is 4.90 Å². The van der Waals surface area contributed by atoms with Gasteiger partial charge >= 0.3 is 0 Å². The average Bonchev–Trinajstić information content (AvgIpc) is 2.76. The van der Waals surface area contributed by atoms with Gasteiger partial charge in [0.15, 0.2) is 18.0 Å². The number of benzene rings is 2. The smallest absolute Gasteiger partial charge is 0.277 e. The maximum Gasteiger partial charge on any atom is 0.277 e. The number of para-hydroxylation sites is 1. The predicted molar refractivity (Wildman–Crippen MR) is 117 cm³/mol. The van der Waals surface area contributed by atoms with Crippen molar-refractivity contribution in [3.63, 3.8) is 0 Å². The lowest BCUT2D eigenvalue weighted by molar-refractivity contribution is -1.02. The number of nitrogens with one attached hydrogen (secondary N) is 2. The van der Waals surface area contributed by atoms with E-state index in [-0.39, 0.29) is 5.91 Å². The zero-order chi connectivity index (χ0) is 21.5. The first kappa shape index (κ1) is 22.1. The topological polar surface area (TPSA) is 47.6 Å². The van der Waals surface area contributed by atoms with Crippen LogP contribution >= 0.6 is 0 Å². The standard InChI is InChI=1S/C24H33N3O3/c1-19-8-5-6-9-20(19)17-26-12-14-27(15-13-26)18-23(28)25(2)16-21-10-7-11-22(29-3)24(21)30-4/h5-11H,12-18H2,1-4H3/p+2. The van der Waals surface area contributed by atoms with Crippen LogP contribution in [0, 0.1) is 6.92 Å². The Bertz CT molecular complexity index is 847. The maximum absolute atomic E-state index is 12.8. The van der Waals surface area contributed by atoms with Crippen molar-refractivity contribution in [3.05, 3.63) is 59.2 Å². The van der Waals surface area contributed by atoms with Crippen molar-refractivity contribution in [2.24, 2.45) is 0 Å². The van der Waals surface area contributed by atoms with Crippen LogP contribution in [0.2, 0.25) is 0 Å². The molecule has 0 atom stereocenters. The molecule has 1 fully saturated rings. The third kappa shape index (κ3) is 5.52. The van der Waals surface area contributed by atoms with Crippen molar-refractivity contribution >= 4 is 5.91 Å². The minimum Gasteiger partial charge on any atom is -0.493 e. The SMILES string of the molecule is COc1cccc(CN(C)C(=O)C[NH+]2CC[NH+](Cc3ccccc3C)CC2)c1OC. The van der Waals surface area contributed by atoms with Crippen molar-refractivity contribution in [1.29, 1.82) is 0 Å². The Morgan fingerprint density at radius 2 is 1.60 bits per heavy atom. The van der Waals surface area contributed by atoms with Crippen LogP contribution in [-0.2, 0) is 17.9 Å². The second kappa shape index (κ2) is 10.5. The molecule has 30 heavy (non-hydrogen) atoms. The van der Waals surface area contributed by atoms with Crippen LogP contribution in [0.5, 0.6) is 11.5 Å². The third-order valence-electron chi connectivity index (χ3n) is 6.08. The summed E-state index contributed by atoms with van der Waals surface area (Å²) >= 11 is 0. The van der Waals surface area contributed by atoms with E-state index in [9.17, 15) is 4.79 Å². The third-order valence-corrected chi connectivity index (χ3v) is 6.08. The van der Waals surface area contributed by atoms with E-state index in [0.717, 1.165) is 38.3 Å². The first-order valence-corrected chi connectivity index (χ1v) is 10.7. The highest BCUT2D eigenvalue weighted by atomic mass is 16.5. The molecule has 6 nitrogen and oxygen atoms in total. The van der Waals surface area contributed by atoms with Gasteiger partial charge in [0.1, 0.15) is 32.7 Å². The minimum absolute atomic E-state index is 0.164. The van der Waals surface area contributed by atoms with E-state index < -0.39 is 0 Å². The molecule has 162 valence electrons. The van der Waals surface area contributed by atoms with Gasteiger partial charge in [-0.15, -0.1) is 0 Å². The molecule has 2 aromatic rings. The van der Waals surface area contributed by atoms with Crippen LogP contribution in [-0.4, -0.2) is 64.8 Å². The van der Waals surface area contributed by atoms with Gasteiger partial charge in [0.25, 0.3) is 5.91 Å². The molecule has 1 saturated heterocycles. The maximum atomic E-state index is 12.8. The van der Waals surface area contributed by atoms with E-state index in [1.165, 1.54) is 16.0 Å². The molecule has 0 aliphatic carbocycles. The Labute approximate surface area is 180 Å². The van der Waals surface area contributed by atoms with Crippen LogP contribution in [0.25, 0.3) is 0 Å². The molecular formula is C24H35N3O3+2. The molecule has 1 aliphatic rings. The summed E-state index contributed by atoms with van der Waals surface area (Å²) < 4.78 is 10.9. The molecule has 1 amide bonds. The van der Waals surface area contributed by atoms with Gasteiger partial charge in [-0.25, -0.2) is 0 Å². The first-order valence-electron chi connectivity index (χ1n) is 10.7. The van der Waals surface area contributed by atoms with Gasteiger partial charge in [0.05, 0.1) is 14.2 Å². The number of hydrogen-bond acceptors (Lipinski definition) is 3. The molecule has 3 rings (SSSR count). The fourth-order valence-electron chi connectivity index (χ4n) is 4.16. The largest absolute Gasteiger partial charge is 0.493 e. The lowest BCUT2D eigenvalue weighted by Gasteiger charge is -2.30. The highest BCUT2D eigenvalue weighted by Gasteiger charge is 2.26. The van der Waals surface area contributed by atoms with Crippen molar-refractivity contribution in [3.8, 4) is 11.5 Å². The molecule has 0 spiro atoms. The number of aryl methyl sites for hydroxylation is 1. The van der Waals surface area contributed by atoms with Crippen LogP contribution in [0.4, 0.5) is 0 Å². The Balaban J connectivity index is 1.49. The molecule has 0 unspecified atom stereocenters. The number of piperazine rings is 1. The number of methoxy groups -OCH3 is 2. The zero-order valence-corrected chi connectivity index (χ0v) is 18.7. The van der Waals surface area contributed by atoms with Crippen molar-refractivity contribution in [2.75, 3.05) is 54.0 Å². The molecule has 1 heterocycles. The summed E-state index contributed by atoms with van der Waals surface area (Å²) in [6, 6.07) is 14.4. The normalized spacial score (nSPS) is 18.7. The molecule has 0 bridgehead atoms. The molecule has 1 aliphatic heterocycles. The average molecular weight is 414 g/mol. The van der Waals surface area contributed by atoms with E-state index in [1.807, 2.05) is 25.2 Å². The van der Waals surface area contributed by atoms with E-state index in [2.05, 4.69) is 31.2 Å². The van der Waals surface area contributed by atoms with Gasteiger partial charge in [0.2, 0.25) is 0 Å². The molecule has 2 aromatic carbocycles. The van der Waals surface area contributed by atoms with Gasteiger partial charge in [-0.2, -0.15) is 0 Å². The van der Waals surface area contributed by atoms with Crippen LogP contribution in [0.3, 0.4) is 0 Å². The molecular weight excluding hydrogens is 378 g/mol. The second-order valence-electron chi connectivity index (χ2n) is 8.18. The molecule has 6 heteroatoms. The number of carbonyl (C=O) groups is 1. The number of carbonyl (C=O) groups excluding carboxylic acids is 1. The number of ether oxygens (including phenoxy) is 2. The highest BCUT2D eigenvalue weighted by Crippen LogP contribution is 2.31. The van der Waals surface area contributed by atoms with Crippen molar-refractivity contribution < 1.29 is 24.1 Å². The molecule has 0 aromatic heterocycles. The summed E-state index contributed by atoms with van der Waals surface area (Å²) in [6.07, 6.45) is 0. The number of quaternary nitrogens is 2. The highest BCUT2D eigenvalue weighted by molar-refractivity contribution is 5.77. The summed E-state index contributed by atoms with van der Waals surface area (Å²) in [5.74, 6) is 1.55. The zero-order valence-electron chi connectivity index (χ0n) is 18.7. The first-order chi connectivity index (χ1) is 14.5. The number of likely N-dealkylation sites (N-methyl/N-ethyl adjacent to an activating group) is 1. The lowest BCUT2D eigenvalue weighted by Crippen LogP contribution is -3.28. The summed E-state index contributed by atoms with van der Waals surface area (Å²) in [5, 5.41) is 0. The Morgan fingerprint density at radius 3 is 2.27 bits per heavy atom. The number of hydrogen-bond donors (Lipinski definition) is 2. The predicted octanol–water partition coefficient (Wildman–Crippen LogP) is -0.0458. The second-order valence-corrected chi connectivity index (χ2v) is 8.18. The van der Waals surface area contributed by atoms with Crippen LogP contribution < -0.4 is 19.3 Å². The Morgan fingerprint density at radius 1 is 0.933 bits per heavy atom. The molecule has 2 N–H and O–H groups in total. The van der Waals surface area contributed by atoms with Crippen LogP contribution in [0.15, 0.2) is 42.5 Å². The van der Waals surface area contributed by atoms with Gasteiger partial charge < -0.3 is 24.2 Å². The summed E-state index contributed by atoms with van der Waals surface area (Å²) in [7, 11) is 5.12. The quantitative estimate of drug-likeness (QED) is 0.638. The fourth-order valence-corrected chi connectivity index (χ4v) is 4.16. The van der Waals surface area contributed by atoms with Gasteiger partial charge in [-0.05, 0) is 18.6 Å². The number of rotatable bonds is 8. The summed E-state index contributed by atoms with van der Waals surface area (Å²) in [5.41, 5.74) is 3.75. The van der Waals surface area contributed by atoms with E-state index >= 15 is 0 Å². The number of amides is 1. The minimum atomic E-state index is 0.164. The van der Waals surface area contributed by atoms with E-state index in [4.69, 9.17) is 9.47 Å². The van der Waals surface area contributed by atoms with Crippen molar-refractivity contribution in [2.45, 2.75) is 20.0 Å². The summed E-state index contributed by atoms with van der Waals surface area (Å²) in [4.78, 5) is 17.6. The number of nitrogens with zero attached hydrogens (tertiary/aromatic N) is 1. The lowest BCUT2D eigenvalue weighted by atomic mass is 10.1. The summed E-state index contributed by atoms with van der Waals surface area (Å²) in [6.45, 7) is 8.57. The fraction of sp³-hybridized carbons (Fsp3) is 0.458. The Kier molecular flexibility index (Phi) is 7.71. The van der Waals surface area contributed by atoms with E-state index in [1.54, 1.807) is 24.0 Å². The monoisotopic (exact) mass is 413 g/mol. The van der Waals surface area contributed by atoms with Gasteiger partial charge in [0, 0.05) is 24.7 Å². The molecule has 0 saturated carbocycles. The van der Waals surface area contributed by atoms with Gasteiger partial charge in [-0.1, -0.05) is 36.4 Å². The van der Waals surface area contributed by atoms with Crippen LogP contribution in [0.1, 0.15) is 16.7 Å². The van der Waals surface area contributed by atoms with Gasteiger partial charge in [-0.3, -0.25) is 4.79 Å². The Hall–Kier alpha value is -2.57.